The Morgan fingerprint density at radius 1 is 1.05 bits per heavy atom. The molecule has 3 heterocycles. The van der Waals surface area contributed by atoms with Gasteiger partial charge in [0, 0.05) is 36.6 Å². The Hall–Kier alpha value is -3.65. The smallest absolute Gasteiger partial charge is 0.235 e. The molecule has 1 spiro atoms. The molecule has 3 aliphatic rings. The molecule has 4 atom stereocenters. The molecule has 0 radical (unpaired) electrons. The van der Waals surface area contributed by atoms with Crippen molar-refractivity contribution in [2.45, 2.75) is 50.4 Å². The molecule has 1 saturated carbocycles. The summed E-state index contributed by atoms with van der Waals surface area (Å²) >= 11 is 0. The third kappa shape index (κ3) is 4.92. The van der Waals surface area contributed by atoms with Crippen LogP contribution < -0.4 is 10.1 Å². The van der Waals surface area contributed by atoms with Crippen molar-refractivity contribution in [3.05, 3.63) is 88.6 Å². The lowest BCUT2D eigenvalue weighted by Crippen LogP contribution is -2.44. The van der Waals surface area contributed by atoms with Crippen molar-refractivity contribution in [1.82, 2.24) is 15.1 Å². The number of ether oxygens (including phenoxy) is 2. The molecule has 8 heteroatoms. The number of fused-ring (bicyclic) bond motifs is 3. The van der Waals surface area contributed by atoms with E-state index in [0.29, 0.717) is 0 Å². The normalized spacial score (nSPS) is 25.3. The number of carbonyl (C=O) groups is 1. The number of nitrogens with one attached hydrogen (secondary N) is 2. The molecule has 2 aliphatic heterocycles. The Morgan fingerprint density at radius 2 is 1.83 bits per heavy atom. The number of methoxy groups -OCH3 is 1. The van der Waals surface area contributed by atoms with Gasteiger partial charge in [0.2, 0.25) is 5.91 Å². The molecule has 0 unspecified atom stereocenters. The maximum absolute atomic E-state index is 13.0. The zero-order valence-electron chi connectivity index (χ0n) is 23.5. The molecule has 7 nitrogen and oxygen atoms in total. The van der Waals surface area contributed by atoms with Gasteiger partial charge >= 0.3 is 0 Å². The quantitative estimate of drug-likeness (QED) is 0.291. The molecule has 4 aromatic rings. The van der Waals surface area contributed by atoms with Crippen LogP contribution in [-0.4, -0.2) is 53.4 Å². The molecule has 41 heavy (non-hydrogen) atoms. The van der Waals surface area contributed by atoms with Gasteiger partial charge in [-0.25, -0.2) is 0 Å². The lowest BCUT2D eigenvalue weighted by Gasteiger charge is -2.35. The van der Waals surface area contributed by atoms with Gasteiger partial charge < -0.3 is 14.8 Å². The number of H-pyrrole nitrogens is 1. The average molecular weight is 571 g/mol. The minimum Gasteiger partial charge on any atom is -0.497 e. The highest BCUT2D eigenvalue weighted by molar-refractivity contribution is 6.10. The SMILES string of the molecule is COc1ccc2c(c1)[C@]1(C[C@H]1c1ccc3c(C=Cc4ccc(CN5C[C@@H](C)O[C@@H](C)C5)cc4)n[nH]c3c1)C(=O)N2.Cl. The van der Waals surface area contributed by atoms with Gasteiger partial charge in [0.05, 0.1) is 35.9 Å². The second-order valence-electron chi connectivity index (χ2n) is 11.5. The van der Waals surface area contributed by atoms with E-state index in [1.807, 2.05) is 18.2 Å². The molecule has 1 amide bonds. The predicted octanol–water partition coefficient (Wildman–Crippen LogP) is 6.15. The number of hydrogen-bond acceptors (Lipinski definition) is 5. The second kappa shape index (κ2) is 10.6. The van der Waals surface area contributed by atoms with Crippen molar-refractivity contribution in [1.29, 1.82) is 0 Å². The van der Waals surface area contributed by atoms with Crippen molar-refractivity contribution in [3.8, 4) is 5.75 Å². The minimum atomic E-state index is -0.509. The number of amides is 1. The van der Waals surface area contributed by atoms with Gasteiger partial charge in [-0.05, 0) is 72.9 Å². The van der Waals surface area contributed by atoms with E-state index < -0.39 is 5.41 Å². The van der Waals surface area contributed by atoms with Crippen LogP contribution in [0.2, 0.25) is 0 Å². The van der Waals surface area contributed by atoms with Crippen molar-refractivity contribution >= 4 is 47.1 Å². The summed E-state index contributed by atoms with van der Waals surface area (Å²) in [6, 6.07) is 21.0. The summed E-state index contributed by atoms with van der Waals surface area (Å²) in [6.07, 6.45) is 5.52. The van der Waals surface area contributed by atoms with Gasteiger partial charge in [-0.1, -0.05) is 42.5 Å². The third-order valence-electron chi connectivity index (χ3n) is 8.66. The molecule has 2 N–H and O–H groups in total. The zero-order chi connectivity index (χ0) is 27.4. The number of anilines is 1. The van der Waals surface area contributed by atoms with Crippen molar-refractivity contribution in [3.63, 3.8) is 0 Å². The van der Waals surface area contributed by atoms with Gasteiger partial charge in [-0.2, -0.15) is 5.10 Å². The first-order valence-corrected chi connectivity index (χ1v) is 14.1. The molecule has 1 saturated heterocycles. The van der Waals surface area contributed by atoms with E-state index in [2.05, 4.69) is 88.9 Å². The van der Waals surface area contributed by atoms with E-state index in [0.717, 1.165) is 70.8 Å². The van der Waals surface area contributed by atoms with Crippen molar-refractivity contribution < 1.29 is 14.3 Å². The monoisotopic (exact) mass is 570 g/mol. The van der Waals surface area contributed by atoms with Crippen molar-refractivity contribution in [2.75, 3.05) is 25.5 Å². The largest absolute Gasteiger partial charge is 0.497 e. The van der Waals surface area contributed by atoms with E-state index in [1.54, 1.807) is 7.11 Å². The lowest BCUT2D eigenvalue weighted by molar-refractivity contribution is -0.118. The fourth-order valence-electron chi connectivity index (χ4n) is 6.68. The van der Waals surface area contributed by atoms with E-state index in [-0.39, 0.29) is 36.4 Å². The number of halogens is 1. The predicted molar refractivity (Wildman–Crippen MR) is 165 cm³/mol. The van der Waals surface area contributed by atoms with Crippen LogP contribution in [-0.2, 0) is 21.5 Å². The Morgan fingerprint density at radius 3 is 2.59 bits per heavy atom. The molecule has 1 aliphatic carbocycles. The Kier molecular flexibility index (Phi) is 7.14. The Labute approximate surface area is 246 Å². The van der Waals surface area contributed by atoms with Gasteiger partial charge in [0.1, 0.15) is 5.75 Å². The first-order chi connectivity index (χ1) is 19.4. The summed E-state index contributed by atoms with van der Waals surface area (Å²) in [5.74, 6) is 0.987. The highest BCUT2D eigenvalue weighted by atomic mass is 35.5. The van der Waals surface area contributed by atoms with Crippen LogP contribution in [0.15, 0.2) is 60.7 Å². The van der Waals surface area contributed by atoms with E-state index >= 15 is 0 Å². The average Bonchev–Trinajstić information content (AvgIpc) is 3.48. The van der Waals surface area contributed by atoms with Crippen LogP contribution in [0.1, 0.15) is 54.1 Å². The summed E-state index contributed by atoms with van der Waals surface area (Å²) in [6.45, 7) is 7.16. The number of carbonyl (C=O) groups excluding carboxylic acids is 1. The van der Waals surface area contributed by atoms with E-state index in [4.69, 9.17) is 9.47 Å². The molecule has 3 aromatic carbocycles. The summed E-state index contributed by atoms with van der Waals surface area (Å²) in [5.41, 5.74) is 6.90. The maximum Gasteiger partial charge on any atom is 0.235 e. The van der Waals surface area contributed by atoms with Gasteiger partial charge in [0.15, 0.2) is 0 Å². The molecule has 212 valence electrons. The van der Waals surface area contributed by atoms with Crippen molar-refractivity contribution in [2.24, 2.45) is 0 Å². The minimum absolute atomic E-state index is 0. The summed E-state index contributed by atoms with van der Waals surface area (Å²) in [7, 11) is 1.66. The standard InChI is InChI=1S/C33H34N4O3.ClH/c1-20-17-37(18-21(2)40-20)19-23-6-4-22(5-7-23)8-12-29-26-11-9-24(14-31(26)36-35-29)28-16-33(28)27-15-25(39-3)10-13-30(27)34-32(33)38;/h4-15,20-21,28H,16-19H2,1-3H3,(H,34,38)(H,35,36);1H/t20-,21+,28-,33-;/m0./s1. The lowest BCUT2D eigenvalue weighted by atomic mass is 9.91. The van der Waals surface area contributed by atoms with Gasteiger partial charge in [-0.3, -0.25) is 14.8 Å². The van der Waals surface area contributed by atoms with Crippen LogP contribution in [0.5, 0.6) is 5.75 Å². The number of morpholine rings is 1. The van der Waals surface area contributed by atoms with Crippen LogP contribution in [0.25, 0.3) is 23.1 Å². The maximum atomic E-state index is 13.0. The Balaban J connectivity index is 0.00000302. The van der Waals surface area contributed by atoms with Crippen LogP contribution in [0, 0.1) is 0 Å². The number of hydrogen-bond donors (Lipinski definition) is 2. The molecule has 1 aromatic heterocycles. The molecule has 7 rings (SSSR count). The molecular weight excluding hydrogens is 536 g/mol. The van der Waals surface area contributed by atoms with E-state index in [1.165, 1.54) is 5.56 Å². The first-order valence-electron chi connectivity index (χ1n) is 14.1. The summed E-state index contributed by atoms with van der Waals surface area (Å²) in [4.78, 5) is 15.5. The Bertz CT molecular complexity index is 1620. The molecular formula is C33H35ClN4O3. The first kappa shape index (κ1) is 27.5. The topological polar surface area (TPSA) is 79.5 Å². The molecule has 0 bridgehead atoms. The highest BCUT2D eigenvalue weighted by Gasteiger charge is 2.65. The number of aromatic amines is 1. The van der Waals surface area contributed by atoms with Gasteiger partial charge in [-0.15, -0.1) is 12.4 Å². The fraction of sp³-hybridized carbons (Fsp3) is 0.333. The number of rotatable bonds is 6. The third-order valence-corrected chi connectivity index (χ3v) is 8.66. The van der Waals surface area contributed by atoms with Crippen LogP contribution in [0.4, 0.5) is 5.69 Å². The van der Waals surface area contributed by atoms with Crippen LogP contribution in [0.3, 0.4) is 0 Å². The summed E-state index contributed by atoms with van der Waals surface area (Å²) < 4.78 is 11.3. The fourth-order valence-corrected chi connectivity index (χ4v) is 6.68. The van der Waals surface area contributed by atoms with Gasteiger partial charge in [0.25, 0.3) is 0 Å². The second-order valence-corrected chi connectivity index (χ2v) is 11.5. The number of benzene rings is 3. The number of aromatic nitrogens is 2. The molecule has 2 fully saturated rings. The van der Waals surface area contributed by atoms with E-state index in [9.17, 15) is 4.79 Å². The van der Waals surface area contributed by atoms with Crippen LogP contribution >= 0.6 is 12.4 Å². The number of nitrogens with zero attached hydrogens (tertiary/aromatic N) is 2. The highest BCUT2D eigenvalue weighted by Crippen LogP contribution is 2.65. The summed E-state index contributed by atoms with van der Waals surface area (Å²) in [5, 5.41) is 11.9. The zero-order valence-corrected chi connectivity index (χ0v) is 24.3.